The van der Waals surface area contributed by atoms with Gasteiger partial charge in [-0.05, 0) is 46.0 Å². The van der Waals surface area contributed by atoms with Gasteiger partial charge in [0, 0.05) is 11.6 Å². The van der Waals surface area contributed by atoms with E-state index in [1.165, 1.54) is 18.4 Å². The van der Waals surface area contributed by atoms with Gasteiger partial charge in [-0.25, -0.2) is 0 Å². The number of likely N-dealkylation sites (N-methyl/N-ethyl adjacent to an activating group) is 1. The Kier molecular flexibility index (Phi) is 2.91. The molecule has 0 aromatic rings. The molecule has 1 N–H and O–H groups in total. The minimum absolute atomic E-state index is 0.0245. The molecular formula is C16H24N3O+. The minimum atomic E-state index is -0.0245. The van der Waals surface area contributed by atoms with Crippen LogP contribution < -0.4 is 5.32 Å². The molecule has 1 saturated carbocycles. The SMILES string of the molecule is CC1=N[N+](C)(CC2=C(C)CC(C)(C3CC3)NC2=O)C=C1. The molecule has 3 rings (SSSR count). The molecule has 0 aromatic heterocycles. The highest BCUT2D eigenvalue weighted by molar-refractivity contribution is 5.96. The van der Waals surface area contributed by atoms with Crippen molar-refractivity contribution < 1.29 is 9.39 Å². The fourth-order valence-electron chi connectivity index (χ4n) is 3.51. The van der Waals surface area contributed by atoms with Gasteiger partial charge in [0.15, 0.2) is 0 Å². The number of hydrogen-bond acceptors (Lipinski definition) is 2. The molecule has 1 aliphatic carbocycles. The van der Waals surface area contributed by atoms with E-state index in [1.807, 2.05) is 20.0 Å². The van der Waals surface area contributed by atoms with Gasteiger partial charge in [-0.2, -0.15) is 4.59 Å². The number of rotatable bonds is 3. The molecule has 0 saturated heterocycles. The summed E-state index contributed by atoms with van der Waals surface area (Å²) in [5.41, 5.74) is 3.14. The van der Waals surface area contributed by atoms with E-state index in [-0.39, 0.29) is 11.4 Å². The Hall–Kier alpha value is -1.42. The number of nitrogens with zero attached hydrogens (tertiary/aromatic N) is 2. The third-order valence-electron chi connectivity index (χ3n) is 4.80. The van der Waals surface area contributed by atoms with Crippen LogP contribution in [0.25, 0.3) is 0 Å². The molecule has 2 heterocycles. The molecule has 2 atom stereocenters. The van der Waals surface area contributed by atoms with E-state index in [4.69, 9.17) is 0 Å². The van der Waals surface area contributed by atoms with Gasteiger partial charge in [-0.1, -0.05) is 10.7 Å². The van der Waals surface area contributed by atoms with Crippen LogP contribution in [0.3, 0.4) is 0 Å². The first-order chi connectivity index (χ1) is 9.31. The van der Waals surface area contributed by atoms with Gasteiger partial charge >= 0.3 is 0 Å². The van der Waals surface area contributed by atoms with E-state index in [0.29, 0.717) is 17.1 Å². The highest BCUT2D eigenvalue weighted by Crippen LogP contribution is 2.44. The molecular weight excluding hydrogens is 250 g/mol. The van der Waals surface area contributed by atoms with Crippen LogP contribution in [-0.4, -0.2) is 35.3 Å². The van der Waals surface area contributed by atoms with E-state index in [9.17, 15) is 4.79 Å². The first kappa shape index (κ1) is 13.6. The molecule has 4 heteroatoms. The molecule has 0 aromatic carbocycles. The smallest absolute Gasteiger partial charge is 0.253 e. The van der Waals surface area contributed by atoms with Crippen LogP contribution in [0, 0.1) is 5.92 Å². The minimum Gasteiger partial charge on any atom is -0.346 e. The molecule has 20 heavy (non-hydrogen) atoms. The van der Waals surface area contributed by atoms with E-state index in [2.05, 4.69) is 30.5 Å². The van der Waals surface area contributed by atoms with Gasteiger partial charge in [-0.3, -0.25) is 4.79 Å². The highest BCUT2D eigenvalue weighted by atomic mass is 16.2. The molecule has 2 unspecified atom stereocenters. The average Bonchev–Trinajstić information content (AvgIpc) is 3.12. The maximum atomic E-state index is 12.5. The van der Waals surface area contributed by atoms with Crippen LogP contribution in [0.4, 0.5) is 0 Å². The van der Waals surface area contributed by atoms with Crippen LogP contribution in [0.2, 0.25) is 0 Å². The zero-order chi connectivity index (χ0) is 14.5. The number of carbonyl (C=O) groups excluding carboxylic acids is 1. The first-order valence-electron chi connectivity index (χ1n) is 7.44. The Morgan fingerprint density at radius 1 is 1.45 bits per heavy atom. The van der Waals surface area contributed by atoms with Gasteiger partial charge in [0.05, 0.1) is 18.3 Å². The summed E-state index contributed by atoms with van der Waals surface area (Å²) < 4.78 is 0.450. The average molecular weight is 274 g/mol. The lowest BCUT2D eigenvalue weighted by atomic mass is 9.82. The van der Waals surface area contributed by atoms with Gasteiger partial charge < -0.3 is 5.32 Å². The van der Waals surface area contributed by atoms with E-state index in [1.54, 1.807) is 0 Å². The van der Waals surface area contributed by atoms with Crippen LogP contribution in [0.1, 0.15) is 40.0 Å². The Morgan fingerprint density at radius 2 is 2.15 bits per heavy atom. The molecule has 0 bridgehead atoms. The zero-order valence-electron chi connectivity index (χ0n) is 12.9. The zero-order valence-corrected chi connectivity index (χ0v) is 12.9. The highest BCUT2D eigenvalue weighted by Gasteiger charge is 2.46. The van der Waals surface area contributed by atoms with Crippen molar-refractivity contribution in [3.8, 4) is 0 Å². The van der Waals surface area contributed by atoms with E-state index >= 15 is 0 Å². The predicted octanol–water partition coefficient (Wildman–Crippen LogP) is 2.34. The lowest BCUT2D eigenvalue weighted by molar-refractivity contribution is -0.858. The largest absolute Gasteiger partial charge is 0.346 e. The topological polar surface area (TPSA) is 41.5 Å². The van der Waals surface area contributed by atoms with Gasteiger partial charge in [0.2, 0.25) is 0 Å². The van der Waals surface area contributed by atoms with Crippen molar-refractivity contribution in [2.75, 3.05) is 13.6 Å². The van der Waals surface area contributed by atoms with Crippen molar-refractivity contribution >= 4 is 11.6 Å². The summed E-state index contributed by atoms with van der Waals surface area (Å²) in [5, 5.41) is 7.85. The molecule has 0 radical (unpaired) electrons. The van der Waals surface area contributed by atoms with Crippen molar-refractivity contribution in [2.45, 2.75) is 45.6 Å². The summed E-state index contributed by atoms with van der Waals surface area (Å²) in [6, 6.07) is 0. The van der Waals surface area contributed by atoms with Crippen molar-refractivity contribution in [3.05, 3.63) is 23.4 Å². The van der Waals surface area contributed by atoms with E-state index in [0.717, 1.165) is 17.7 Å². The summed E-state index contributed by atoms with van der Waals surface area (Å²) >= 11 is 0. The third-order valence-corrected chi connectivity index (χ3v) is 4.80. The number of nitrogens with one attached hydrogen (secondary N) is 1. The standard InChI is InChI=1S/C16H23N3O/c1-11-9-16(3,13-5-6-13)17-15(20)14(11)10-19(4)8-7-12(2)18-19/h7-8,13H,5-6,9-10H2,1-4H3/p+1. The van der Waals surface area contributed by atoms with Crippen molar-refractivity contribution in [1.82, 2.24) is 5.32 Å². The third kappa shape index (κ3) is 2.33. The molecule has 4 nitrogen and oxygen atoms in total. The molecule has 108 valence electrons. The van der Waals surface area contributed by atoms with Crippen LogP contribution in [0.5, 0.6) is 0 Å². The normalized spacial score (nSPS) is 37.2. The number of carbonyl (C=O) groups is 1. The second kappa shape index (κ2) is 4.29. The van der Waals surface area contributed by atoms with Crippen molar-refractivity contribution in [1.29, 1.82) is 0 Å². The summed E-state index contributed by atoms with van der Waals surface area (Å²) in [6.07, 6.45) is 7.55. The maximum Gasteiger partial charge on any atom is 0.253 e. The van der Waals surface area contributed by atoms with E-state index < -0.39 is 0 Å². The van der Waals surface area contributed by atoms with Gasteiger partial charge in [0.25, 0.3) is 5.91 Å². The summed E-state index contributed by atoms with van der Waals surface area (Å²) in [5.74, 6) is 0.773. The molecule has 0 spiro atoms. The lowest BCUT2D eigenvalue weighted by Crippen LogP contribution is -2.53. The van der Waals surface area contributed by atoms with Crippen LogP contribution in [-0.2, 0) is 4.79 Å². The number of hydrogen-bond donors (Lipinski definition) is 1. The van der Waals surface area contributed by atoms with Gasteiger partial charge in [-0.15, -0.1) is 0 Å². The summed E-state index contributed by atoms with van der Waals surface area (Å²) in [6.45, 7) is 6.94. The number of quaternary nitrogens is 1. The van der Waals surface area contributed by atoms with Crippen LogP contribution >= 0.6 is 0 Å². The van der Waals surface area contributed by atoms with Gasteiger partial charge in [0.1, 0.15) is 12.7 Å². The molecule has 2 aliphatic heterocycles. The fraction of sp³-hybridized carbons (Fsp3) is 0.625. The first-order valence-corrected chi connectivity index (χ1v) is 7.44. The number of allylic oxidation sites excluding steroid dienone is 1. The lowest BCUT2D eigenvalue weighted by Gasteiger charge is -2.37. The Labute approximate surface area is 120 Å². The Bertz CT molecular complexity index is 556. The predicted molar refractivity (Wildman–Crippen MR) is 79.9 cm³/mol. The van der Waals surface area contributed by atoms with Crippen LogP contribution in [0.15, 0.2) is 28.5 Å². The Balaban J connectivity index is 1.83. The van der Waals surface area contributed by atoms with Crippen molar-refractivity contribution in [3.63, 3.8) is 0 Å². The monoisotopic (exact) mass is 274 g/mol. The summed E-state index contributed by atoms with van der Waals surface area (Å²) in [7, 11) is 2.04. The molecule has 1 amide bonds. The quantitative estimate of drug-likeness (QED) is 0.789. The second-order valence-corrected chi connectivity index (χ2v) is 7.01. The number of amides is 1. The molecule has 3 aliphatic rings. The fourth-order valence-corrected chi connectivity index (χ4v) is 3.51. The molecule has 1 fully saturated rings. The van der Waals surface area contributed by atoms with Crippen molar-refractivity contribution in [2.24, 2.45) is 11.0 Å². The second-order valence-electron chi connectivity index (χ2n) is 7.01. The Morgan fingerprint density at radius 3 is 2.65 bits per heavy atom. The summed E-state index contributed by atoms with van der Waals surface area (Å²) in [4.78, 5) is 12.5. The maximum absolute atomic E-state index is 12.5.